The predicted molar refractivity (Wildman–Crippen MR) is 135 cm³/mol. The fourth-order valence-corrected chi connectivity index (χ4v) is 4.52. The summed E-state index contributed by atoms with van der Waals surface area (Å²) >= 11 is 5.53. The topological polar surface area (TPSA) is 70.7 Å². The van der Waals surface area contributed by atoms with E-state index in [9.17, 15) is 9.59 Å². The van der Waals surface area contributed by atoms with Crippen molar-refractivity contribution in [3.8, 4) is 0 Å². The molecular formula is C26H31N3O3S. The number of rotatable bonds is 8. The summed E-state index contributed by atoms with van der Waals surface area (Å²) in [6, 6.07) is 16.8. The van der Waals surface area contributed by atoms with Gasteiger partial charge in [-0.25, -0.2) is 4.79 Å². The van der Waals surface area contributed by atoms with Gasteiger partial charge in [0, 0.05) is 17.9 Å². The fraction of sp³-hybridized carbons (Fsp3) is 0.346. The van der Waals surface area contributed by atoms with Crippen LogP contribution in [0, 0.1) is 0 Å². The number of carbonyl (C=O) groups excluding carboxylic acids is 2. The van der Waals surface area contributed by atoms with E-state index in [1.807, 2.05) is 80.3 Å². The highest BCUT2D eigenvalue weighted by Gasteiger charge is 2.34. The van der Waals surface area contributed by atoms with Crippen molar-refractivity contribution < 1.29 is 14.3 Å². The molecule has 2 unspecified atom stereocenters. The van der Waals surface area contributed by atoms with Gasteiger partial charge >= 0.3 is 5.97 Å². The Bertz CT molecular complexity index is 1030. The molecular weight excluding hydrogens is 434 g/mol. The molecule has 2 aromatic rings. The quantitative estimate of drug-likeness (QED) is 0.427. The summed E-state index contributed by atoms with van der Waals surface area (Å²) in [6.45, 7) is 8.61. The van der Waals surface area contributed by atoms with Gasteiger partial charge in [0.25, 0.3) is 0 Å². The lowest BCUT2D eigenvalue weighted by molar-refractivity contribution is -0.139. The highest BCUT2D eigenvalue weighted by Crippen LogP contribution is 2.32. The molecule has 2 N–H and O–H groups in total. The van der Waals surface area contributed by atoms with E-state index in [-0.39, 0.29) is 17.8 Å². The molecule has 3 rings (SSSR count). The third kappa shape index (κ3) is 5.42. The Balaban J connectivity index is 1.83. The molecule has 0 saturated carbocycles. The van der Waals surface area contributed by atoms with Crippen LogP contribution >= 0.6 is 12.2 Å². The minimum atomic E-state index is -0.420. The number of nitrogens with zero attached hydrogens (tertiary/aromatic N) is 1. The van der Waals surface area contributed by atoms with Gasteiger partial charge in [-0.2, -0.15) is 0 Å². The van der Waals surface area contributed by atoms with Gasteiger partial charge in [0.05, 0.1) is 24.1 Å². The summed E-state index contributed by atoms with van der Waals surface area (Å²) < 4.78 is 5.32. The molecule has 7 heteroatoms. The molecule has 0 spiro atoms. The Kier molecular flexibility index (Phi) is 8.22. The van der Waals surface area contributed by atoms with Crippen LogP contribution < -0.4 is 10.6 Å². The smallest absolute Gasteiger partial charge is 0.338 e. The summed E-state index contributed by atoms with van der Waals surface area (Å²) in [5.41, 5.74) is 3.89. The Morgan fingerprint density at radius 2 is 1.76 bits per heavy atom. The van der Waals surface area contributed by atoms with E-state index in [4.69, 9.17) is 17.0 Å². The van der Waals surface area contributed by atoms with Gasteiger partial charge in [0.2, 0.25) is 5.91 Å². The number of ether oxygens (including phenoxy) is 1. The highest BCUT2D eigenvalue weighted by atomic mass is 32.1. The Morgan fingerprint density at radius 1 is 1.09 bits per heavy atom. The van der Waals surface area contributed by atoms with Crippen molar-refractivity contribution in [3.05, 3.63) is 77.0 Å². The fourth-order valence-electron chi connectivity index (χ4n) is 4.13. The number of allylic oxidation sites excluding steroid dienone is 1. The summed E-state index contributed by atoms with van der Waals surface area (Å²) in [4.78, 5) is 27.5. The third-order valence-electron chi connectivity index (χ3n) is 5.85. The second-order valence-corrected chi connectivity index (χ2v) is 8.22. The van der Waals surface area contributed by atoms with Crippen LogP contribution in [0.5, 0.6) is 0 Å². The van der Waals surface area contributed by atoms with Crippen LogP contribution in [-0.2, 0) is 14.3 Å². The SMILES string of the molecule is CCOC(=O)C1=C(C)N(CC)C(=S)NC1c1ccc(NC(=O)C(CC)c2ccccc2)cc1. The molecule has 2 aromatic carbocycles. The maximum Gasteiger partial charge on any atom is 0.338 e. The lowest BCUT2D eigenvalue weighted by Crippen LogP contribution is -2.47. The van der Waals surface area contributed by atoms with Gasteiger partial charge in [0.1, 0.15) is 0 Å². The van der Waals surface area contributed by atoms with Crippen molar-refractivity contribution in [1.29, 1.82) is 0 Å². The maximum atomic E-state index is 12.9. The van der Waals surface area contributed by atoms with E-state index in [0.717, 1.165) is 16.8 Å². The maximum absolute atomic E-state index is 12.9. The van der Waals surface area contributed by atoms with Crippen LogP contribution in [-0.4, -0.2) is 35.0 Å². The number of benzene rings is 2. The van der Waals surface area contributed by atoms with Gasteiger partial charge < -0.3 is 20.3 Å². The number of amides is 1. The standard InChI is InChI=1S/C26H31N3O3S/c1-5-21(18-11-9-8-10-12-18)24(30)27-20-15-13-19(14-16-20)23-22(25(31)32-7-3)17(4)29(6-2)26(33)28-23/h8-16,21,23H,5-7H2,1-4H3,(H,27,30)(H,28,33). The number of hydrogen-bond donors (Lipinski definition) is 2. The van der Waals surface area contributed by atoms with Gasteiger partial charge in [-0.05, 0) is 62.7 Å². The highest BCUT2D eigenvalue weighted by molar-refractivity contribution is 7.80. The first kappa shape index (κ1) is 24.5. The van der Waals surface area contributed by atoms with Crippen molar-refractivity contribution in [2.24, 2.45) is 0 Å². The monoisotopic (exact) mass is 465 g/mol. The zero-order chi connectivity index (χ0) is 24.0. The van der Waals surface area contributed by atoms with Crippen LogP contribution in [0.3, 0.4) is 0 Å². The lowest BCUT2D eigenvalue weighted by Gasteiger charge is -2.37. The zero-order valence-electron chi connectivity index (χ0n) is 19.6. The first-order chi connectivity index (χ1) is 15.9. The molecule has 0 radical (unpaired) electrons. The first-order valence-corrected chi connectivity index (χ1v) is 11.7. The van der Waals surface area contributed by atoms with Crippen molar-refractivity contribution in [2.45, 2.75) is 46.1 Å². The molecule has 1 aliphatic heterocycles. The normalized spacial score (nSPS) is 16.8. The van der Waals surface area contributed by atoms with Gasteiger partial charge in [0.15, 0.2) is 5.11 Å². The van der Waals surface area contributed by atoms with Gasteiger partial charge in [-0.3, -0.25) is 4.79 Å². The average molecular weight is 466 g/mol. The number of carbonyl (C=O) groups is 2. The lowest BCUT2D eigenvalue weighted by atomic mass is 9.94. The molecule has 6 nitrogen and oxygen atoms in total. The average Bonchev–Trinajstić information content (AvgIpc) is 2.81. The third-order valence-corrected chi connectivity index (χ3v) is 6.18. The summed E-state index contributed by atoms with van der Waals surface area (Å²) in [6.07, 6.45) is 0.707. The molecule has 0 saturated heterocycles. The van der Waals surface area contributed by atoms with Crippen LogP contribution in [0.25, 0.3) is 0 Å². The molecule has 1 aliphatic rings. The van der Waals surface area contributed by atoms with E-state index in [1.165, 1.54) is 0 Å². The summed E-state index contributed by atoms with van der Waals surface area (Å²) in [5.74, 6) is -0.626. The molecule has 174 valence electrons. The van der Waals surface area contributed by atoms with Crippen molar-refractivity contribution in [2.75, 3.05) is 18.5 Å². The minimum Gasteiger partial charge on any atom is -0.463 e. The van der Waals surface area contributed by atoms with E-state index in [2.05, 4.69) is 10.6 Å². The van der Waals surface area contributed by atoms with Gasteiger partial charge in [-0.15, -0.1) is 0 Å². The largest absolute Gasteiger partial charge is 0.463 e. The molecule has 33 heavy (non-hydrogen) atoms. The van der Waals surface area contributed by atoms with E-state index < -0.39 is 6.04 Å². The molecule has 1 heterocycles. The molecule has 2 atom stereocenters. The number of nitrogens with one attached hydrogen (secondary N) is 2. The van der Waals surface area contributed by atoms with Crippen molar-refractivity contribution >= 4 is 34.9 Å². The number of thiocarbonyl (C=S) groups is 1. The second-order valence-electron chi connectivity index (χ2n) is 7.83. The first-order valence-electron chi connectivity index (χ1n) is 11.3. The Morgan fingerprint density at radius 3 is 2.33 bits per heavy atom. The second kappa shape index (κ2) is 11.1. The summed E-state index contributed by atoms with van der Waals surface area (Å²) in [7, 11) is 0. The number of anilines is 1. The Hall–Kier alpha value is -3.19. The molecule has 0 bridgehead atoms. The predicted octanol–water partition coefficient (Wildman–Crippen LogP) is 4.91. The van der Waals surface area contributed by atoms with Crippen LogP contribution in [0.4, 0.5) is 5.69 Å². The van der Waals surface area contributed by atoms with E-state index in [1.54, 1.807) is 6.92 Å². The Labute approximate surface area is 201 Å². The van der Waals surface area contributed by atoms with E-state index >= 15 is 0 Å². The number of esters is 1. The van der Waals surface area contributed by atoms with E-state index in [0.29, 0.717) is 35.9 Å². The molecule has 1 amide bonds. The van der Waals surface area contributed by atoms with Crippen LogP contribution in [0.1, 0.15) is 57.2 Å². The van der Waals surface area contributed by atoms with Crippen LogP contribution in [0.15, 0.2) is 65.9 Å². The molecule has 0 fully saturated rings. The van der Waals surface area contributed by atoms with Gasteiger partial charge in [-0.1, -0.05) is 49.4 Å². The minimum absolute atomic E-state index is 0.0463. The van der Waals surface area contributed by atoms with Crippen molar-refractivity contribution in [3.63, 3.8) is 0 Å². The van der Waals surface area contributed by atoms with Crippen LogP contribution in [0.2, 0.25) is 0 Å². The molecule has 0 aromatic heterocycles. The summed E-state index contributed by atoms with van der Waals surface area (Å²) in [5, 5.41) is 6.86. The number of hydrogen-bond acceptors (Lipinski definition) is 4. The van der Waals surface area contributed by atoms with Crippen molar-refractivity contribution in [1.82, 2.24) is 10.2 Å². The zero-order valence-corrected chi connectivity index (χ0v) is 20.4. The molecule has 0 aliphatic carbocycles.